The first-order chi connectivity index (χ1) is 8.93. The second kappa shape index (κ2) is 5.63. The van der Waals surface area contributed by atoms with Gasteiger partial charge in [-0.15, -0.1) is 0 Å². The van der Waals surface area contributed by atoms with E-state index in [2.05, 4.69) is 16.4 Å². The molecule has 1 saturated heterocycles. The van der Waals surface area contributed by atoms with Gasteiger partial charge in [0.05, 0.1) is 11.9 Å². The van der Waals surface area contributed by atoms with Gasteiger partial charge in [0, 0.05) is 12.6 Å². The van der Waals surface area contributed by atoms with E-state index in [0.29, 0.717) is 0 Å². The zero-order valence-electron chi connectivity index (χ0n) is 12.2. The van der Waals surface area contributed by atoms with Crippen molar-refractivity contribution < 1.29 is 8.95 Å². The molecule has 2 rings (SSSR count). The van der Waals surface area contributed by atoms with Gasteiger partial charge in [-0.05, 0) is 51.3 Å². The van der Waals surface area contributed by atoms with Crippen molar-refractivity contribution >= 4 is 11.0 Å². The van der Waals surface area contributed by atoms with Crippen molar-refractivity contribution in [3.05, 3.63) is 29.8 Å². The second-order valence-electron chi connectivity index (χ2n) is 5.94. The lowest BCUT2D eigenvalue weighted by molar-refractivity contribution is 0.402. The Labute approximate surface area is 118 Å². The van der Waals surface area contributed by atoms with E-state index in [9.17, 15) is 4.21 Å². The lowest BCUT2D eigenvalue weighted by Gasteiger charge is -2.30. The molecule has 0 radical (unpaired) electrons. The molecular weight excluding hydrogens is 258 g/mol. The van der Waals surface area contributed by atoms with Crippen molar-refractivity contribution in [2.75, 3.05) is 13.7 Å². The Morgan fingerprint density at radius 2 is 2.11 bits per heavy atom. The van der Waals surface area contributed by atoms with Gasteiger partial charge in [-0.2, -0.15) is 0 Å². The minimum Gasteiger partial charge on any atom is -0.497 e. The smallest absolute Gasteiger partial charge is 0.119 e. The molecule has 1 aliphatic heterocycles. The number of hydrogen-bond acceptors (Lipinski definition) is 2. The predicted molar refractivity (Wildman–Crippen MR) is 79.6 cm³/mol. The number of rotatable bonds is 3. The lowest BCUT2D eigenvalue weighted by atomic mass is 10.1. The summed E-state index contributed by atoms with van der Waals surface area (Å²) in [4.78, 5) is 0. The zero-order chi connectivity index (χ0) is 14.0. The van der Waals surface area contributed by atoms with Gasteiger partial charge in [0.25, 0.3) is 0 Å². The van der Waals surface area contributed by atoms with Crippen molar-refractivity contribution in [2.24, 2.45) is 0 Å². The van der Waals surface area contributed by atoms with E-state index in [0.717, 1.165) is 25.1 Å². The highest BCUT2D eigenvalue weighted by molar-refractivity contribution is 7.84. The van der Waals surface area contributed by atoms with Crippen LogP contribution in [-0.4, -0.2) is 26.9 Å². The third kappa shape index (κ3) is 3.18. The molecule has 1 aromatic rings. The molecule has 1 heterocycles. The van der Waals surface area contributed by atoms with Crippen LogP contribution in [0.3, 0.4) is 0 Å². The van der Waals surface area contributed by atoms with Crippen LogP contribution < -0.4 is 4.74 Å². The van der Waals surface area contributed by atoms with E-state index in [-0.39, 0.29) is 10.8 Å². The highest BCUT2D eigenvalue weighted by atomic mass is 32.2. The van der Waals surface area contributed by atoms with Crippen LogP contribution in [0.15, 0.2) is 24.3 Å². The van der Waals surface area contributed by atoms with E-state index in [1.54, 1.807) is 7.11 Å². The molecule has 0 spiro atoms. The number of benzene rings is 1. The normalized spacial score (nSPS) is 22.4. The maximum absolute atomic E-state index is 12.6. The molecule has 0 aromatic heterocycles. The lowest BCUT2D eigenvalue weighted by Crippen LogP contribution is -2.37. The number of ether oxygens (including phenoxy) is 1. The topological polar surface area (TPSA) is 29.5 Å². The molecule has 3 nitrogen and oxygen atoms in total. The van der Waals surface area contributed by atoms with Crippen LogP contribution in [0.25, 0.3) is 0 Å². The van der Waals surface area contributed by atoms with Crippen LogP contribution in [0.1, 0.15) is 45.2 Å². The Hall–Kier alpha value is -0.870. The number of methoxy groups -OCH3 is 1. The Morgan fingerprint density at radius 1 is 1.37 bits per heavy atom. The Morgan fingerprint density at radius 3 is 2.74 bits per heavy atom. The Balaban J connectivity index is 2.25. The van der Waals surface area contributed by atoms with Crippen LogP contribution >= 0.6 is 0 Å². The van der Waals surface area contributed by atoms with Crippen molar-refractivity contribution in [1.29, 1.82) is 0 Å². The highest BCUT2D eigenvalue weighted by Crippen LogP contribution is 2.36. The predicted octanol–water partition coefficient (Wildman–Crippen LogP) is 3.29. The van der Waals surface area contributed by atoms with Crippen LogP contribution in [0.4, 0.5) is 0 Å². The van der Waals surface area contributed by atoms with Crippen LogP contribution in [-0.2, 0) is 11.0 Å². The molecule has 0 aliphatic carbocycles. The molecule has 0 amide bonds. The highest BCUT2D eigenvalue weighted by Gasteiger charge is 2.35. The monoisotopic (exact) mass is 281 g/mol. The van der Waals surface area contributed by atoms with Crippen LogP contribution in [0, 0.1) is 0 Å². The summed E-state index contributed by atoms with van der Waals surface area (Å²) in [5.74, 6) is 0.867. The van der Waals surface area contributed by atoms with Gasteiger partial charge >= 0.3 is 0 Å². The average Bonchev–Trinajstić information content (AvgIpc) is 2.85. The summed E-state index contributed by atoms with van der Waals surface area (Å²) in [7, 11) is 0.720. The molecule has 1 aliphatic rings. The van der Waals surface area contributed by atoms with Crippen LogP contribution in [0.2, 0.25) is 0 Å². The SMILES string of the molecule is COc1cccc([C@H]2CCCN2[S@@](=O)C(C)(C)C)c1. The molecular formula is C15H23NO2S. The van der Waals surface area contributed by atoms with Gasteiger partial charge < -0.3 is 4.74 Å². The van der Waals surface area contributed by atoms with E-state index in [1.165, 1.54) is 5.56 Å². The quantitative estimate of drug-likeness (QED) is 0.851. The largest absolute Gasteiger partial charge is 0.497 e. The van der Waals surface area contributed by atoms with Crippen molar-refractivity contribution in [2.45, 2.75) is 44.4 Å². The summed E-state index contributed by atoms with van der Waals surface area (Å²) in [6.07, 6.45) is 2.17. The maximum atomic E-state index is 12.6. The molecule has 1 aromatic carbocycles. The van der Waals surface area contributed by atoms with E-state index in [1.807, 2.05) is 32.9 Å². The molecule has 106 valence electrons. The third-order valence-electron chi connectivity index (χ3n) is 3.42. The molecule has 19 heavy (non-hydrogen) atoms. The molecule has 0 saturated carbocycles. The molecule has 0 bridgehead atoms. The van der Waals surface area contributed by atoms with Gasteiger partial charge in [-0.25, -0.2) is 8.51 Å². The fraction of sp³-hybridized carbons (Fsp3) is 0.600. The second-order valence-corrected chi connectivity index (χ2v) is 8.13. The molecule has 0 N–H and O–H groups in total. The summed E-state index contributed by atoms with van der Waals surface area (Å²) in [5.41, 5.74) is 1.20. The summed E-state index contributed by atoms with van der Waals surface area (Å²) < 4.78 is 19.8. The molecule has 1 fully saturated rings. The minimum atomic E-state index is -0.959. The Bertz CT molecular complexity index is 467. The summed E-state index contributed by atoms with van der Waals surface area (Å²) in [5, 5.41) is 0. The fourth-order valence-electron chi connectivity index (χ4n) is 2.47. The number of hydrogen-bond donors (Lipinski definition) is 0. The molecule has 0 unspecified atom stereocenters. The first-order valence-electron chi connectivity index (χ1n) is 6.76. The van der Waals surface area contributed by atoms with E-state index >= 15 is 0 Å². The van der Waals surface area contributed by atoms with Crippen molar-refractivity contribution in [3.63, 3.8) is 0 Å². The van der Waals surface area contributed by atoms with Crippen molar-refractivity contribution in [1.82, 2.24) is 4.31 Å². The van der Waals surface area contributed by atoms with Gasteiger partial charge in [0.15, 0.2) is 0 Å². The van der Waals surface area contributed by atoms with Crippen molar-refractivity contribution in [3.8, 4) is 5.75 Å². The molecule has 2 atom stereocenters. The zero-order valence-corrected chi connectivity index (χ0v) is 13.0. The summed E-state index contributed by atoms with van der Waals surface area (Å²) in [6.45, 7) is 7.00. The van der Waals surface area contributed by atoms with Gasteiger partial charge in [-0.3, -0.25) is 0 Å². The van der Waals surface area contributed by atoms with E-state index < -0.39 is 11.0 Å². The minimum absolute atomic E-state index is 0.207. The first kappa shape index (κ1) is 14.5. The first-order valence-corrected chi connectivity index (χ1v) is 7.87. The number of nitrogens with zero attached hydrogens (tertiary/aromatic N) is 1. The van der Waals surface area contributed by atoms with Gasteiger partial charge in [0.1, 0.15) is 16.7 Å². The summed E-state index contributed by atoms with van der Waals surface area (Å²) in [6, 6.07) is 8.36. The standard InChI is InChI=1S/C15H23NO2S/c1-15(2,3)19(17)16-10-6-9-14(16)12-7-5-8-13(11-12)18-4/h5,7-8,11,14H,6,9-10H2,1-4H3/t14-,19+/m1/s1. The Kier molecular flexibility index (Phi) is 4.31. The fourth-order valence-corrected chi connectivity index (χ4v) is 3.93. The summed E-state index contributed by atoms with van der Waals surface area (Å²) >= 11 is 0. The van der Waals surface area contributed by atoms with Crippen LogP contribution in [0.5, 0.6) is 5.75 Å². The average molecular weight is 281 g/mol. The third-order valence-corrected chi connectivity index (χ3v) is 5.33. The van der Waals surface area contributed by atoms with Gasteiger partial charge in [-0.1, -0.05) is 12.1 Å². The maximum Gasteiger partial charge on any atom is 0.119 e. The van der Waals surface area contributed by atoms with E-state index in [4.69, 9.17) is 4.74 Å². The molecule has 4 heteroatoms. The van der Waals surface area contributed by atoms with Gasteiger partial charge in [0.2, 0.25) is 0 Å².